The fourth-order valence-corrected chi connectivity index (χ4v) is 3.17. The summed E-state index contributed by atoms with van der Waals surface area (Å²) in [5, 5.41) is 23.7. The Morgan fingerprint density at radius 2 is 1.69 bits per heavy atom. The molecule has 29 heavy (non-hydrogen) atoms. The molecule has 0 atom stereocenters. The lowest BCUT2D eigenvalue weighted by molar-refractivity contribution is 0.0982. The molecule has 148 valence electrons. The van der Waals surface area contributed by atoms with Crippen LogP contribution in [-0.2, 0) is 0 Å². The minimum Gasteiger partial charge on any atom is -0.504 e. The summed E-state index contributed by atoms with van der Waals surface area (Å²) >= 11 is 0. The highest BCUT2D eigenvalue weighted by Gasteiger charge is 2.33. The summed E-state index contributed by atoms with van der Waals surface area (Å²) in [5.74, 6) is -0.262. The van der Waals surface area contributed by atoms with Gasteiger partial charge in [-0.25, -0.2) is 0 Å². The van der Waals surface area contributed by atoms with Gasteiger partial charge in [-0.05, 0) is 32.0 Å². The monoisotopic (exact) mass is 394 g/mol. The number of benzene rings is 2. The lowest BCUT2D eigenvalue weighted by Crippen LogP contribution is -2.01. The van der Waals surface area contributed by atoms with E-state index in [0.29, 0.717) is 35.8 Å². The average molecular weight is 394 g/mol. The van der Waals surface area contributed by atoms with Crippen molar-refractivity contribution in [3.8, 4) is 34.3 Å². The van der Waals surface area contributed by atoms with E-state index < -0.39 is 17.3 Å². The van der Waals surface area contributed by atoms with E-state index in [9.17, 15) is 15.0 Å². The second-order valence-corrected chi connectivity index (χ2v) is 6.21. The van der Waals surface area contributed by atoms with Crippen LogP contribution in [0.1, 0.15) is 29.8 Å². The molecule has 0 radical (unpaired) electrons. The molecular weight excluding hydrogens is 376 g/mol. The summed E-state index contributed by atoms with van der Waals surface area (Å²) in [6, 6.07) is 10.1. The number of ether oxygens (including phenoxy) is 2. The molecule has 0 saturated carbocycles. The number of ketones is 1. The van der Waals surface area contributed by atoms with Crippen LogP contribution < -0.4 is 9.47 Å². The summed E-state index contributed by atoms with van der Waals surface area (Å²) in [5.41, 5.74) is 1.35. The second kappa shape index (κ2) is 7.31. The predicted octanol–water partition coefficient (Wildman–Crippen LogP) is 4.18. The normalized spacial score (nSPS) is 13.0. The Labute approximate surface area is 166 Å². The number of carbonyl (C=O) groups is 1. The SMILES string of the molecule is CCOc1ccc(-c2nc(-c3cccc4c3C(=O)C(O)=C4O)no2)cc1OCC. The van der Waals surface area contributed by atoms with Crippen molar-refractivity contribution in [2.75, 3.05) is 13.2 Å². The van der Waals surface area contributed by atoms with Crippen LogP contribution >= 0.6 is 0 Å². The van der Waals surface area contributed by atoms with E-state index >= 15 is 0 Å². The summed E-state index contributed by atoms with van der Waals surface area (Å²) in [6.45, 7) is 4.74. The molecule has 0 amide bonds. The van der Waals surface area contributed by atoms with E-state index in [1.54, 1.807) is 30.3 Å². The molecule has 1 aliphatic rings. The number of rotatable bonds is 6. The van der Waals surface area contributed by atoms with Crippen molar-refractivity contribution in [3.63, 3.8) is 0 Å². The van der Waals surface area contributed by atoms with E-state index in [4.69, 9.17) is 14.0 Å². The highest BCUT2D eigenvalue weighted by atomic mass is 16.5. The van der Waals surface area contributed by atoms with Crippen molar-refractivity contribution in [2.45, 2.75) is 13.8 Å². The fraction of sp³-hybridized carbons (Fsp3) is 0.190. The highest BCUT2D eigenvalue weighted by molar-refractivity contribution is 6.20. The van der Waals surface area contributed by atoms with Crippen molar-refractivity contribution in [1.29, 1.82) is 0 Å². The van der Waals surface area contributed by atoms with Crippen LogP contribution in [0.5, 0.6) is 11.5 Å². The third-order valence-corrected chi connectivity index (χ3v) is 4.44. The number of fused-ring (bicyclic) bond motifs is 1. The molecule has 0 saturated heterocycles. The third kappa shape index (κ3) is 3.08. The van der Waals surface area contributed by atoms with Crippen LogP contribution in [0.25, 0.3) is 28.6 Å². The van der Waals surface area contributed by atoms with Crippen LogP contribution in [0.4, 0.5) is 0 Å². The number of carbonyl (C=O) groups excluding carboxylic acids is 1. The first-order chi connectivity index (χ1) is 14.0. The Morgan fingerprint density at radius 3 is 2.45 bits per heavy atom. The zero-order valence-corrected chi connectivity index (χ0v) is 15.8. The molecule has 1 aliphatic carbocycles. The maximum atomic E-state index is 12.3. The van der Waals surface area contributed by atoms with E-state index in [1.807, 2.05) is 13.8 Å². The van der Waals surface area contributed by atoms with E-state index in [-0.39, 0.29) is 22.8 Å². The molecule has 2 aromatic carbocycles. The first-order valence-electron chi connectivity index (χ1n) is 9.09. The largest absolute Gasteiger partial charge is 0.504 e. The van der Waals surface area contributed by atoms with Gasteiger partial charge < -0.3 is 24.2 Å². The zero-order chi connectivity index (χ0) is 20.5. The molecule has 3 aromatic rings. The highest BCUT2D eigenvalue weighted by Crippen LogP contribution is 2.37. The number of hydrogen-bond donors (Lipinski definition) is 2. The molecule has 1 aromatic heterocycles. The number of aliphatic hydroxyl groups is 2. The van der Waals surface area contributed by atoms with Crippen molar-refractivity contribution < 1.29 is 29.0 Å². The van der Waals surface area contributed by atoms with Crippen molar-refractivity contribution in [1.82, 2.24) is 10.1 Å². The van der Waals surface area contributed by atoms with Crippen molar-refractivity contribution >= 4 is 11.5 Å². The second-order valence-electron chi connectivity index (χ2n) is 6.21. The minimum atomic E-state index is -0.691. The van der Waals surface area contributed by atoms with Crippen LogP contribution in [0.15, 0.2) is 46.7 Å². The molecule has 0 bridgehead atoms. The van der Waals surface area contributed by atoms with Gasteiger partial charge in [0.1, 0.15) is 0 Å². The molecule has 4 rings (SSSR count). The lowest BCUT2D eigenvalue weighted by Gasteiger charge is -2.11. The number of nitrogens with zero attached hydrogens (tertiary/aromatic N) is 2. The van der Waals surface area contributed by atoms with Gasteiger partial charge in [0.2, 0.25) is 17.4 Å². The van der Waals surface area contributed by atoms with Gasteiger partial charge in [0.05, 0.1) is 13.2 Å². The maximum Gasteiger partial charge on any atom is 0.258 e. The standard InChI is InChI=1S/C21H18N2O6/c1-3-27-14-9-8-11(10-15(14)28-4-2)21-22-20(23-29-21)13-7-5-6-12-16(13)18(25)19(26)17(12)24/h5-10H,3-4H2,1-2H3,(H2,24,25,26). The van der Waals surface area contributed by atoms with Gasteiger partial charge in [-0.1, -0.05) is 23.4 Å². The Kier molecular flexibility index (Phi) is 4.67. The van der Waals surface area contributed by atoms with E-state index in [1.165, 1.54) is 6.07 Å². The Hall–Kier alpha value is -3.81. The Morgan fingerprint density at radius 1 is 0.966 bits per heavy atom. The van der Waals surface area contributed by atoms with Gasteiger partial charge in [0.15, 0.2) is 17.3 Å². The van der Waals surface area contributed by atoms with Gasteiger partial charge >= 0.3 is 0 Å². The van der Waals surface area contributed by atoms with E-state index in [2.05, 4.69) is 10.1 Å². The van der Waals surface area contributed by atoms with Crippen LogP contribution in [0.3, 0.4) is 0 Å². The summed E-state index contributed by atoms with van der Waals surface area (Å²) in [4.78, 5) is 16.7. The van der Waals surface area contributed by atoms with Gasteiger partial charge in [-0.15, -0.1) is 0 Å². The van der Waals surface area contributed by atoms with Gasteiger partial charge in [-0.3, -0.25) is 4.79 Å². The van der Waals surface area contributed by atoms with Gasteiger partial charge in [0, 0.05) is 22.3 Å². The average Bonchev–Trinajstić information content (AvgIpc) is 3.30. The quantitative estimate of drug-likeness (QED) is 0.640. The zero-order valence-electron chi connectivity index (χ0n) is 15.8. The van der Waals surface area contributed by atoms with Gasteiger partial charge in [0.25, 0.3) is 5.89 Å². The fourth-order valence-electron chi connectivity index (χ4n) is 3.17. The summed E-state index contributed by atoms with van der Waals surface area (Å²) < 4.78 is 16.6. The third-order valence-electron chi connectivity index (χ3n) is 4.44. The molecule has 8 nitrogen and oxygen atoms in total. The van der Waals surface area contributed by atoms with Crippen molar-refractivity contribution in [3.05, 3.63) is 53.3 Å². The summed E-state index contributed by atoms with van der Waals surface area (Å²) in [7, 11) is 0. The number of aromatic nitrogens is 2. The summed E-state index contributed by atoms with van der Waals surface area (Å²) in [6.07, 6.45) is 0. The number of hydrogen-bond acceptors (Lipinski definition) is 8. The molecule has 0 aliphatic heterocycles. The van der Waals surface area contributed by atoms with Crippen LogP contribution in [0.2, 0.25) is 0 Å². The number of Topliss-reactive ketones (excluding diaryl/α,β-unsaturated/α-hetero) is 1. The molecule has 0 unspecified atom stereocenters. The molecular formula is C21H18N2O6. The lowest BCUT2D eigenvalue weighted by atomic mass is 10.0. The maximum absolute atomic E-state index is 12.3. The number of allylic oxidation sites excluding steroid dienone is 1. The Balaban J connectivity index is 1.73. The molecule has 2 N–H and O–H groups in total. The Bertz CT molecular complexity index is 1130. The van der Waals surface area contributed by atoms with E-state index in [0.717, 1.165) is 0 Å². The predicted molar refractivity (Wildman–Crippen MR) is 104 cm³/mol. The van der Waals surface area contributed by atoms with Crippen LogP contribution in [0, 0.1) is 0 Å². The smallest absolute Gasteiger partial charge is 0.258 e. The molecule has 8 heteroatoms. The van der Waals surface area contributed by atoms with Crippen LogP contribution in [-0.4, -0.2) is 39.4 Å². The topological polar surface area (TPSA) is 115 Å². The molecule has 0 spiro atoms. The number of aliphatic hydroxyl groups excluding tert-OH is 2. The van der Waals surface area contributed by atoms with Crippen molar-refractivity contribution in [2.24, 2.45) is 0 Å². The van der Waals surface area contributed by atoms with Gasteiger partial charge in [-0.2, -0.15) is 4.98 Å². The first kappa shape index (κ1) is 18.5. The first-order valence-corrected chi connectivity index (χ1v) is 9.09. The molecule has 1 heterocycles. The minimum absolute atomic E-state index is 0.136. The molecule has 0 fully saturated rings.